The molecule has 0 spiro atoms. The monoisotopic (exact) mass is 861 g/mol. The lowest BCUT2D eigenvalue weighted by Gasteiger charge is -2.42. The van der Waals surface area contributed by atoms with Crippen LogP contribution in [0.5, 0.6) is 0 Å². The predicted molar refractivity (Wildman–Crippen MR) is 217 cm³/mol. The number of piperazine rings is 1. The van der Waals surface area contributed by atoms with Gasteiger partial charge in [0.05, 0.1) is 29.5 Å². The van der Waals surface area contributed by atoms with E-state index in [2.05, 4.69) is 41.1 Å². The van der Waals surface area contributed by atoms with Crippen LogP contribution in [0.3, 0.4) is 0 Å². The number of pyridine rings is 1. The Morgan fingerprint density at radius 3 is 2.32 bits per heavy atom. The van der Waals surface area contributed by atoms with Gasteiger partial charge in [-0.1, -0.05) is 0 Å². The van der Waals surface area contributed by atoms with Gasteiger partial charge in [-0.25, -0.2) is 27.3 Å². The second kappa shape index (κ2) is 17.3. The van der Waals surface area contributed by atoms with Crippen molar-refractivity contribution in [3.8, 4) is 5.69 Å². The first-order valence-corrected chi connectivity index (χ1v) is 21.2. The van der Waals surface area contributed by atoms with Crippen molar-refractivity contribution in [1.29, 1.82) is 0 Å². The summed E-state index contributed by atoms with van der Waals surface area (Å²) in [4.78, 5) is 63.0. The standard InChI is InChI=1S/C41H47F4N13O4/c42-30-17-29(18-31(43)37(30)56-12-9-35(59)50-41(56)62)55-11-8-25(22-55)40(61)54-15-13-53(14-16-54)26-3-5-27(6-4-26)57-23-33(36(52-57)38(44)45)49-39(60)32-21-48-58(51-32)28-7-10-46-34(19-28)47-20-24-1-2-24/h7,10,17-19,21,23-27,38H,1-6,8-9,11-16,20,22H2,(H,46,47)(H,49,60)(H,50,59,62)/t25-,26?,27?/m0/s1. The number of anilines is 4. The maximum Gasteiger partial charge on any atom is 0.328 e. The van der Waals surface area contributed by atoms with Gasteiger partial charge in [0.25, 0.3) is 12.3 Å². The van der Waals surface area contributed by atoms with Crippen molar-refractivity contribution >= 4 is 46.6 Å². The normalized spacial score (nSPS) is 22.3. The lowest BCUT2D eigenvalue weighted by Crippen LogP contribution is -2.53. The first kappa shape index (κ1) is 41.2. The maximum atomic E-state index is 15.2. The Bertz CT molecular complexity index is 2310. The summed E-state index contributed by atoms with van der Waals surface area (Å²) in [6.45, 7) is 3.90. The van der Waals surface area contributed by atoms with Crippen LogP contribution in [0.1, 0.15) is 80.0 Å². The van der Waals surface area contributed by atoms with Gasteiger partial charge in [0.15, 0.2) is 23.0 Å². The molecule has 5 amide bonds. The van der Waals surface area contributed by atoms with Gasteiger partial charge in [-0.3, -0.25) is 34.2 Å². The molecule has 1 atom stereocenters. The molecule has 9 rings (SSSR count). The molecule has 3 N–H and O–H groups in total. The number of rotatable bonds is 12. The summed E-state index contributed by atoms with van der Waals surface area (Å²) in [5.74, 6) is -2.05. The number of hydrogen-bond acceptors (Lipinski definition) is 11. The second-order valence-corrected chi connectivity index (χ2v) is 16.7. The zero-order valence-electron chi connectivity index (χ0n) is 33.9. The largest absolute Gasteiger partial charge is 0.371 e. The third-order valence-electron chi connectivity index (χ3n) is 12.6. The molecule has 1 aromatic carbocycles. The van der Waals surface area contributed by atoms with Gasteiger partial charge in [0, 0.05) is 89.0 Å². The molecule has 0 bridgehead atoms. The molecule has 5 aliphatic rings. The lowest BCUT2D eigenvalue weighted by atomic mass is 9.90. The first-order chi connectivity index (χ1) is 30.0. The maximum absolute atomic E-state index is 15.2. The molecule has 3 aliphatic heterocycles. The van der Waals surface area contributed by atoms with Crippen LogP contribution in [-0.4, -0.2) is 122 Å². The highest BCUT2D eigenvalue weighted by Gasteiger charge is 2.37. The van der Waals surface area contributed by atoms with E-state index in [0.29, 0.717) is 76.0 Å². The van der Waals surface area contributed by atoms with Crippen molar-refractivity contribution in [1.82, 2.24) is 44.9 Å². The van der Waals surface area contributed by atoms with E-state index in [4.69, 9.17) is 0 Å². The molecule has 2 aliphatic carbocycles. The number of halogens is 4. The molecule has 3 aromatic heterocycles. The third-order valence-corrected chi connectivity index (χ3v) is 12.6. The Balaban J connectivity index is 0.747. The number of carbonyl (C=O) groups excluding carboxylic acids is 4. The van der Waals surface area contributed by atoms with Crippen LogP contribution in [-0.2, 0) is 9.59 Å². The topological polar surface area (TPSA) is 179 Å². The third kappa shape index (κ3) is 8.80. The minimum absolute atomic E-state index is 0.00313. The Kier molecular flexibility index (Phi) is 11.5. The summed E-state index contributed by atoms with van der Waals surface area (Å²) in [5.41, 5.74) is -0.279. The van der Waals surface area contributed by atoms with Crippen LogP contribution in [0.2, 0.25) is 0 Å². The van der Waals surface area contributed by atoms with Gasteiger partial charge in [-0.15, -0.1) is 5.10 Å². The van der Waals surface area contributed by atoms with E-state index in [-0.39, 0.29) is 53.9 Å². The summed E-state index contributed by atoms with van der Waals surface area (Å²) in [6, 6.07) is 5.04. The zero-order chi connectivity index (χ0) is 43.1. The fraction of sp³-hybridized carbons (Fsp3) is 0.512. The van der Waals surface area contributed by atoms with Crippen LogP contribution < -0.4 is 25.8 Å². The number of imide groups is 1. The molecule has 6 heterocycles. The van der Waals surface area contributed by atoms with E-state index < -0.39 is 47.3 Å². The number of alkyl halides is 2. The minimum Gasteiger partial charge on any atom is -0.371 e. The van der Waals surface area contributed by atoms with Gasteiger partial charge in [-0.2, -0.15) is 15.0 Å². The molecular formula is C41H47F4N13O4. The molecule has 328 valence electrons. The van der Waals surface area contributed by atoms with Crippen LogP contribution >= 0.6 is 0 Å². The van der Waals surface area contributed by atoms with E-state index >= 15 is 8.78 Å². The number of hydrogen-bond donors (Lipinski definition) is 3. The summed E-state index contributed by atoms with van der Waals surface area (Å²) < 4.78 is 60.3. The van der Waals surface area contributed by atoms with Crippen LogP contribution in [0.15, 0.2) is 42.9 Å². The number of benzene rings is 1. The van der Waals surface area contributed by atoms with Gasteiger partial charge in [-0.05, 0) is 69.1 Å². The van der Waals surface area contributed by atoms with Gasteiger partial charge in [0.2, 0.25) is 11.8 Å². The fourth-order valence-electron chi connectivity index (χ4n) is 8.96. The van der Waals surface area contributed by atoms with Crippen molar-refractivity contribution < 1.29 is 36.7 Å². The van der Waals surface area contributed by atoms with E-state index in [1.54, 1.807) is 23.2 Å². The molecule has 5 fully saturated rings. The Labute approximate surface area is 353 Å². The van der Waals surface area contributed by atoms with Crippen LogP contribution in [0, 0.1) is 23.5 Å². The average molecular weight is 862 g/mol. The average Bonchev–Trinajstić information content (AvgIpc) is 3.59. The number of aromatic nitrogens is 6. The second-order valence-electron chi connectivity index (χ2n) is 16.7. The highest BCUT2D eigenvalue weighted by atomic mass is 19.3. The molecule has 2 saturated carbocycles. The predicted octanol–water partition coefficient (Wildman–Crippen LogP) is 4.75. The number of amides is 5. The Morgan fingerprint density at radius 1 is 0.871 bits per heavy atom. The molecule has 17 nitrogen and oxygen atoms in total. The summed E-state index contributed by atoms with van der Waals surface area (Å²) in [6.07, 6.45) is 7.33. The Hall–Kier alpha value is -6.12. The lowest BCUT2D eigenvalue weighted by molar-refractivity contribution is -0.137. The van der Waals surface area contributed by atoms with Crippen molar-refractivity contribution in [3.63, 3.8) is 0 Å². The molecule has 4 aromatic rings. The zero-order valence-corrected chi connectivity index (χ0v) is 33.9. The smallest absolute Gasteiger partial charge is 0.328 e. The van der Waals surface area contributed by atoms with Crippen molar-refractivity contribution in [3.05, 3.63) is 65.9 Å². The van der Waals surface area contributed by atoms with Crippen LogP contribution in [0.25, 0.3) is 5.69 Å². The summed E-state index contributed by atoms with van der Waals surface area (Å²) in [5, 5.41) is 20.6. The van der Waals surface area contributed by atoms with Gasteiger partial charge in [0.1, 0.15) is 11.5 Å². The van der Waals surface area contributed by atoms with Crippen molar-refractivity contribution in [2.75, 3.05) is 72.8 Å². The molecule has 0 unspecified atom stereocenters. The molecular weight excluding hydrogens is 815 g/mol. The Morgan fingerprint density at radius 2 is 1.61 bits per heavy atom. The molecule has 0 radical (unpaired) electrons. The van der Waals surface area contributed by atoms with E-state index in [0.717, 1.165) is 36.4 Å². The van der Waals surface area contributed by atoms with E-state index in [9.17, 15) is 28.0 Å². The highest BCUT2D eigenvalue weighted by Crippen LogP contribution is 2.36. The number of carbonyl (C=O) groups is 4. The fourth-order valence-corrected chi connectivity index (χ4v) is 8.96. The number of urea groups is 1. The SMILES string of the molecule is O=C1CCN(c2c(F)cc(N3CC[C@H](C(=O)N4CCN(C5CCC(n6cc(NC(=O)c7cnn(-c8ccnc(NCC9CC9)c8)n7)c(C(F)F)n6)CC5)CC4)C3)cc2F)C(=O)N1. The quantitative estimate of drug-likeness (QED) is 0.168. The van der Waals surface area contributed by atoms with E-state index in [1.165, 1.54) is 34.7 Å². The van der Waals surface area contributed by atoms with E-state index in [1.807, 2.05) is 4.90 Å². The molecule has 62 heavy (non-hydrogen) atoms. The molecule has 3 saturated heterocycles. The first-order valence-electron chi connectivity index (χ1n) is 21.2. The number of nitrogens with one attached hydrogen (secondary N) is 3. The molecule has 21 heteroatoms. The van der Waals surface area contributed by atoms with Gasteiger partial charge >= 0.3 is 6.03 Å². The van der Waals surface area contributed by atoms with Crippen molar-refractivity contribution in [2.45, 2.75) is 69.9 Å². The summed E-state index contributed by atoms with van der Waals surface area (Å²) >= 11 is 0. The van der Waals surface area contributed by atoms with Crippen LogP contribution in [0.4, 0.5) is 45.2 Å². The van der Waals surface area contributed by atoms with Crippen molar-refractivity contribution in [2.24, 2.45) is 11.8 Å². The highest BCUT2D eigenvalue weighted by molar-refractivity contribution is 6.06. The summed E-state index contributed by atoms with van der Waals surface area (Å²) in [7, 11) is 0. The van der Waals surface area contributed by atoms with Gasteiger partial charge < -0.3 is 20.4 Å². The number of nitrogens with zero attached hydrogens (tertiary/aromatic N) is 10. The minimum atomic E-state index is -2.91.